The van der Waals surface area contributed by atoms with Crippen molar-refractivity contribution in [2.24, 2.45) is 0 Å². The Kier molecular flexibility index (Phi) is 5.83. The van der Waals surface area contributed by atoms with Crippen LogP contribution in [0.5, 0.6) is 11.5 Å². The first-order valence-corrected chi connectivity index (χ1v) is 10.0. The van der Waals surface area contributed by atoms with Crippen LogP contribution in [-0.2, 0) is 9.59 Å². The largest absolute Gasteiger partial charge is 0.507 e. The number of amides is 1. The molecule has 8 heteroatoms. The highest BCUT2D eigenvalue weighted by Gasteiger charge is 2.48. The second kappa shape index (κ2) is 8.72. The number of hydrogen-bond acceptors (Lipinski definition) is 6. The van der Waals surface area contributed by atoms with Crippen LogP contribution < -0.4 is 14.4 Å². The molecule has 7 nitrogen and oxygen atoms in total. The Morgan fingerprint density at radius 1 is 1.06 bits per heavy atom. The third kappa shape index (κ3) is 3.67. The van der Waals surface area contributed by atoms with Gasteiger partial charge in [-0.05, 0) is 54.6 Å². The Hall–Kier alpha value is -3.84. The summed E-state index contributed by atoms with van der Waals surface area (Å²) in [5, 5.41) is 11.6. The first-order valence-electron chi connectivity index (χ1n) is 9.65. The van der Waals surface area contributed by atoms with Crippen molar-refractivity contribution in [2.45, 2.75) is 6.04 Å². The number of methoxy groups -OCH3 is 2. The van der Waals surface area contributed by atoms with Gasteiger partial charge in [-0.2, -0.15) is 0 Å². The van der Waals surface area contributed by atoms with Gasteiger partial charge in [-0.3, -0.25) is 19.5 Å². The van der Waals surface area contributed by atoms with E-state index in [0.29, 0.717) is 33.3 Å². The number of aromatic nitrogens is 1. The summed E-state index contributed by atoms with van der Waals surface area (Å²) in [5.74, 6) is -1.00. The van der Waals surface area contributed by atoms with Crippen LogP contribution in [0.25, 0.3) is 5.76 Å². The van der Waals surface area contributed by atoms with E-state index >= 15 is 0 Å². The van der Waals surface area contributed by atoms with Crippen LogP contribution in [0.4, 0.5) is 5.69 Å². The molecule has 1 saturated heterocycles. The fraction of sp³-hybridized carbons (Fsp3) is 0.125. The maximum Gasteiger partial charge on any atom is 0.300 e. The number of rotatable bonds is 5. The summed E-state index contributed by atoms with van der Waals surface area (Å²) in [4.78, 5) is 31.7. The van der Waals surface area contributed by atoms with Gasteiger partial charge < -0.3 is 14.6 Å². The minimum atomic E-state index is -0.972. The summed E-state index contributed by atoms with van der Waals surface area (Å²) in [5.41, 5.74) is 1.16. The van der Waals surface area contributed by atoms with Gasteiger partial charge in [0.05, 0.1) is 37.7 Å². The van der Waals surface area contributed by atoms with Gasteiger partial charge in [0.2, 0.25) is 0 Å². The van der Waals surface area contributed by atoms with Gasteiger partial charge in [-0.15, -0.1) is 0 Å². The predicted molar refractivity (Wildman–Crippen MR) is 120 cm³/mol. The van der Waals surface area contributed by atoms with Crippen LogP contribution in [0, 0.1) is 0 Å². The molecule has 1 aliphatic heterocycles. The maximum atomic E-state index is 13.2. The second-order valence-corrected chi connectivity index (χ2v) is 7.43. The van der Waals surface area contributed by atoms with Gasteiger partial charge in [0.25, 0.3) is 11.7 Å². The van der Waals surface area contributed by atoms with Gasteiger partial charge in [0, 0.05) is 22.3 Å². The van der Waals surface area contributed by atoms with Crippen LogP contribution in [0.15, 0.2) is 72.6 Å². The number of Topliss-reactive ketones (excluding diaryl/α,β-unsaturated/α-hetero) is 1. The van der Waals surface area contributed by atoms with Crippen molar-refractivity contribution < 1.29 is 24.2 Å². The third-order valence-electron chi connectivity index (χ3n) is 5.22. The number of ketones is 1. The highest BCUT2D eigenvalue weighted by molar-refractivity contribution is 6.51. The highest BCUT2D eigenvalue weighted by atomic mass is 35.5. The van der Waals surface area contributed by atoms with Crippen LogP contribution in [-0.4, -0.2) is 36.0 Å². The fourth-order valence-electron chi connectivity index (χ4n) is 3.71. The molecule has 1 aliphatic rings. The molecule has 0 radical (unpaired) electrons. The number of nitrogens with zero attached hydrogens (tertiary/aromatic N) is 2. The molecular weight excluding hydrogens is 432 g/mol. The van der Waals surface area contributed by atoms with E-state index in [-0.39, 0.29) is 11.3 Å². The normalized spacial score (nSPS) is 17.5. The predicted octanol–water partition coefficient (Wildman–Crippen LogP) is 4.38. The molecule has 1 aromatic heterocycles. The zero-order valence-corrected chi connectivity index (χ0v) is 18.0. The molecule has 0 spiro atoms. The van der Waals surface area contributed by atoms with E-state index in [4.69, 9.17) is 21.1 Å². The Labute approximate surface area is 189 Å². The highest BCUT2D eigenvalue weighted by Crippen LogP contribution is 2.45. The summed E-state index contributed by atoms with van der Waals surface area (Å²) >= 11 is 5.96. The number of hydrogen-bond donors (Lipinski definition) is 1. The van der Waals surface area contributed by atoms with Crippen molar-refractivity contribution in [1.82, 2.24) is 4.98 Å². The average molecular weight is 451 g/mol. The molecule has 1 unspecified atom stereocenters. The van der Waals surface area contributed by atoms with E-state index in [1.165, 1.54) is 25.3 Å². The summed E-state index contributed by atoms with van der Waals surface area (Å²) in [6, 6.07) is 13.8. The molecule has 162 valence electrons. The van der Waals surface area contributed by atoms with Crippen molar-refractivity contribution >= 4 is 34.7 Å². The molecule has 3 aromatic rings. The Morgan fingerprint density at radius 2 is 1.81 bits per heavy atom. The van der Waals surface area contributed by atoms with E-state index in [1.54, 1.807) is 60.8 Å². The van der Waals surface area contributed by atoms with Crippen molar-refractivity contribution in [1.29, 1.82) is 0 Å². The zero-order chi connectivity index (χ0) is 22.8. The Bertz CT molecular complexity index is 1210. The summed E-state index contributed by atoms with van der Waals surface area (Å²) in [7, 11) is 3.00. The molecule has 0 aliphatic carbocycles. The van der Waals surface area contributed by atoms with Crippen molar-refractivity contribution in [2.75, 3.05) is 19.1 Å². The lowest BCUT2D eigenvalue weighted by Gasteiger charge is -2.26. The lowest BCUT2D eigenvalue weighted by molar-refractivity contribution is -0.132. The molecule has 1 N–H and O–H groups in total. The van der Waals surface area contributed by atoms with Gasteiger partial charge in [0.1, 0.15) is 17.3 Å². The molecule has 2 aromatic carbocycles. The minimum absolute atomic E-state index is 0.0762. The lowest BCUT2D eigenvalue weighted by Crippen LogP contribution is -2.29. The molecule has 0 saturated carbocycles. The molecule has 32 heavy (non-hydrogen) atoms. The Morgan fingerprint density at radius 3 is 2.44 bits per heavy atom. The number of aliphatic hydroxyl groups is 1. The molecule has 1 amide bonds. The van der Waals surface area contributed by atoms with E-state index in [2.05, 4.69) is 4.98 Å². The fourth-order valence-corrected chi connectivity index (χ4v) is 3.83. The standard InChI is InChI=1S/C24H19ClN2O5/c1-31-17-9-10-19(32-2)18(12-17)21-20(22(28)14-5-7-15(25)8-6-14)23(29)24(30)27(21)16-4-3-11-26-13-16/h3-13,21,28H,1-2H3/b22-20+. The second-order valence-electron chi connectivity index (χ2n) is 7.00. The lowest BCUT2D eigenvalue weighted by atomic mass is 9.94. The van der Waals surface area contributed by atoms with Gasteiger partial charge >= 0.3 is 0 Å². The third-order valence-corrected chi connectivity index (χ3v) is 5.47. The average Bonchev–Trinajstić information content (AvgIpc) is 3.09. The summed E-state index contributed by atoms with van der Waals surface area (Å²) in [6.07, 6.45) is 3.04. The Balaban J connectivity index is 2.01. The maximum absolute atomic E-state index is 13.2. The van der Waals surface area contributed by atoms with Crippen LogP contribution in [0.3, 0.4) is 0 Å². The first-order chi connectivity index (χ1) is 15.5. The topological polar surface area (TPSA) is 89.0 Å². The molecule has 4 rings (SSSR count). The number of carbonyl (C=O) groups is 2. The molecule has 2 heterocycles. The molecule has 1 atom stereocenters. The van der Waals surface area contributed by atoms with Gasteiger partial charge in [-0.25, -0.2) is 0 Å². The number of halogens is 1. The number of ether oxygens (including phenoxy) is 2. The van der Waals surface area contributed by atoms with E-state index in [0.717, 1.165) is 0 Å². The van der Waals surface area contributed by atoms with E-state index in [9.17, 15) is 14.7 Å². The van der Waals surface area contributed by atoms with E-state index in [1.807, 2.05) is 0 Å². The van der Waals surface area contributed by atoms with E-state index < -0.39 is 17.7 Å². The zero-order valence-electron chi connectivity index (χ0n) is 17.3. The first kappa shape index (κ1) is 21.4. The van der Waals surface area contributed by atoms with Crippen LogP contribution in [0.1, 0.15) is 17.2 Å². The SMILES string of the molecule is COc1ccc(OC)c(C2/C(=C(\O)c3ccc(Cl)cc3)C(=O)C(=O)N2c2cccnc2)c1. The van der Waals surface area contributed by atoms with Gasteiger partial charge in [0.15, 0.2) is 0 Å². The van der Waals surface area contributed by atoms with Crippen molar-refractivity contribution in [3.63, 3.8) is 0 Å². The molecule has 1 fully saturated rings. The number of carbonyl (C=O) groups excluding carboxylic acids is 2. The van der Waals surface area contributed by atoms with Crippen molar-refractivity contribution in [3.05, 3.63) is 88.7 Å². The molecular formula is C24H19ClN2O5. The summed E-state index contributed by atoms with van der Waals surface area (Å²) in [6.45, 7) is 0. The number of anilines is 1. The van der Waals surface area contributed by atoms with Gasteiger partial charge in [-0.1, -0.05) is 11.6 Å². The summed E-state index contributed by atoms with van der Waals surface area (Å²) < 4.78 is 10.9. The monoisotopic (exact) mass is 450 g/mol. The number of pyridine rings is 1. The number of benzene rings is 2. The minimum Gasteiger partial charge on any atom is -0.507 e. The molecule has 0 bridgehead atoms. The van der Waals surface area contributed by atoms with Crippen molar-refractivity contribution in [3.8, 4) is 11.5 Å². The van der Waals surface area contributed by atoms with Crippen LogP contribution >= 0.6 is 11.6 Å². The smallest absolute Gasteiger partial charge is 0.300 e. The van der Waals surface area contributed by atoms with Crippen LogP contribution in [0.2, 0.25) is 5.02 Å². The quantitative estimate of drug-likeness (QED) is 0.352. The number of aliphatic hydroxyl groups excluding tert-OH is 1.